The van der Waals surface area contributed by atoms with Crippen LogP contribution in [0.2, 0.25) is 0 Å². The second-order valence-corrected chi connectivity index (χ2v) is 10.8. The summed E-state index contributed by atoms with van der Waals surface area (Å²) in [5.74, 6) is 0.976. The Kier molecular flexibility index (Phi) is 6.24. The molecule has 5 atom stereocenters. The molecule has 3 aliphatic carbocycles. The molecule has 6 heteroatoms. The molecule has 0 aliphatic heterocycles. The summed E-state index contributed by atoms with van der Waals surface area (Å²) in [6.45, 7) is 4.02. The molecule has 2 fully saturated rings. The molecule has 5 rings (SSSR count). The Bertz CT molecular complexity index is 1190. The second kappa shape index (κ2) is 9.21. The van der Waals surface area contributed by atoms with Crippen molar-refractivity contribution in [1.29, 1.82) is 0 Å². The van der Waals surface area contributed by atoms with Gasteiger partial charge in [0, 0.05) is 23.6 Å². The van der Waals surface area contributed by atoms with Crippen molar-refractivity contribution in [2.75, 3.05) is 5.32 Å². The van der Waals surface area contributed by atoms with Crippen molar-refractivity contribution in [3.8, 4) is 0 Å². The first kappa shape index (κ1) is 23.7. The monoisotopic (exact) mass is 476 g/mol. The largest absolute Gasteiger partial charge is 0.515 e. The van der Waals surface area contributed by atoms with Crippen molar-refractivity contribution in [2.45, 2.75) is 64.7 Å². The predicted molar refractivity (Wildman–Crippen MR) is 132 cm³/mol. The number of fused-ring (bicyclic) bond motifs is 5. The van der Waals surface area contributed by atoms with Crippen molar-refractivity contribution in [2.24, 2.45) is 23.2 Å². The first-order valence-corrected chi connectivity index (χ1v) is 12.7. The van der Waals surface area contributed by atoms with Crippen molar-refractivity contribution in [3.05, 3.63) is 70.9 Å². The van der Waals surface area contributed by atoms with Crippen LogP contribution in [0.15, 0.2) is 48.4 Å². The minimum atomic E-state index is -0.494. The number of aromatic nitrogens is 1. The Morgan fingerprint density at radius 1 is 1.29 bits per heavy atom. The first-order valence-electron chi connectivity index (χ1n) is 12.7. The maximum atomic E-state index is 13.9. The zero-order valence-electron chi connectivity index (χ0n) is 20.4. The van der Waals surface area contributed by atoms with Gasteiger partial charge in [-0.05, 0) is 110 Å². The topological polar surface area (TPSA) is 79.3 Å². The first-order chi connectivity index (χ1) is 16.8. The number of carbonyl (C=O) groups is 2. The minimum absolute atomic E-state index is 0.0618. The molecule has 2 N–H and O–H groups in total. The van der Waals surface area contributed by atoms with Crippen molar-refractivity contribution in [3.63, 3.8) is 0 Å². The number of aliphatic hydroxyl groups excluding tert-OH is 1. The van der Waals surface area contributed by atoms with Crippen LogP contribution in [0.3, 0.4) is 0 Å². The van der Waals surface area contributed by atoms with Gasteiger partial charge in [-0.15, -0.1) is 0 Å². The van der Waals surface area contributed by atoms with Gasteiger partial charge in [0.25, 0.3) is 0 Å². The number of aliphatic hydroxyl groups is 1. The molecule has 35 heavy (non-hydrogen) atoms. The van der Waals surface area contributed by atoms with Crippen LogP contribution in [0.5, 0.6) is 0 Å². The molecule has 1 aromatic carbocycles. The van der Waals surface area contributed by atoms with Crippen LogP contribution in [-0.4, -0.2) is 21.8 Å². The van der Waals surface area contributed by atoms with E-state index in [4.69, 9.17) is 0 Å². The molecule has 3 aliphatic rings. The number of Topliss-reactive ketones (excluding diaryl/α,β-unsaturated/α-hetero) is 1. The van der Waals surface area contributed by atoms with E-state index >= 15 is 0 Å². The van der Waals surface area contributed by atoms with Crippen LogP contribution >= 0.6 is 0 Å². The van der Waals surface area contributed by atoms with E-state index in [0.717, 1.165) is 43.1 Å². The highest BCUT2D eigenvalue weighted by atomic mass is 19.1. The number of pyridine rings is 1. The van der Waals surface area contributed by atoms with E-state index in [9.17, 15) is 19.1 Å². The predicted octanol–water partition coefficient (Wildman–Crippen LogP) is 6.04. The van der Waals surface area contributed by atoms with Crippen LogP contribution in [0.25, 0.3) is 0 Å². The molecule has 2 saturated carbocycles. The molecular formula is C29H33FN2O3. The van der Waals surface area contributed by atoms with Crippen molar-refractivity contribution in [1.82, 2.24) is 4.98 Å². The van der Waals surface area contributed by atoms with Crippen LogP contribution < -0.4 is 5.32 Å². The lowest BCUT2D eigenvalue weighted by Crippen LogP contribution is -2.44. The molecular weight excluding hydrogens is 443 g/mol. The number of aryl methyl sites for hydroxylation is 2. The molecule has 1 amide bonds. The fourth-order valence-electron chi connectivity index (χ4n) is 7.28. The van der Waals surface area contributed by atoms with Gasteiger partial charge in [0.2, 0.25) is 5.91 Å². The third-order valence-corrected chi connectivity index (χ3v) is 8.79. The van der Waals surface area contributed by atoms with Crippen LogP contribution in [-0.2, 0) is 16.0 Å². The number of ketones is 1. The summed E-state index contributed by atoms with van der Waals surface area (Å²) in [5.41, 5.74) is 3.37. The number of anilines is 1. The van der Waals surface area contributed by atoms with Gasteiger partial charge in [-0.3, -0.25) is 9.59 Å². The number of halogens is 1. The van der Waals surface area contributed by atoms with E-state index in [2.05, 4.69) is 17.2 Å². The van der Waals surface area contributed by atoms with E-state index in [1.54, 1.807) is 18.3 Å². The molecule has 2 aromatic rings. The molecule has 0 spiro atoms. The Balaban J connectivity index is 1.33. The number of hydrogen-bond donors (Lipinski definition) is 2. The number of nitrogens with zero attached hydrogens (tertiary/aromatic N) is 1. The Morgan fingerprint density at radius 2 is 2.11 bits per heavy atom. The number of allylic oxidation sites excluding steroid dienone is 1. The van der Waals surface area contributed by atoms with E-state index in [1.807, 2.05) is 25.1 Å². The molecule has 0 bridgehead atoms. The van der Waals surface area contributed by atoms with Crippen LogP contribution in [0.4, 0.5) is 10.2 Å². The van der Waals surface area contributed by atoms with Gasteiger partial charge in [-0.2, -0.15) is 0 Å². The van der Waals surface area contributed by atoms with Gasteiger partial charge in [0.1, 0.15) is 11.6 Å². The van der Waals surface area contributed by atoms with Gasteiger partial charge in [0.05, 0.1) is 6.26 Å². The van der Waals surface area contributed by atoms with Crippen molar-refractivity contribution < 1.29 is 19.1 Å². The standard InChI is InChI=1S/C29H33FN2O3/c1-17-11-13-31-25(14-17)32-26(34)5-3-4-22-24(16-33)28(35)29(2)12-10-21-20-9-7-19(30)15-18(20)6-8-23(21)27(22)29/h7,9,11,13-16,21-23,27,33H,3-6,8,10,12H2,1-2H3,(H,31,32,34)/b24-16-/t21?,22-,23?,27?,29+/m1/s1. The Hall–Kier alpha value is -3.02. The zero-order valence-corrected chi connectivity index (χ0v) is 20.4. The van der Waals surface area contributed by atoms with E-state index < -0.39 is 5.41 Å². The van der Waals surface area contributed by atoms with E-state index in [1.165, 1.54) is 5.56 Å². The number of amides is 1. The summed E-state index contributed by atoms with van der Waals surface area (Å²) in [5, 5.41) is 12.9. The van der Waals surface area contributed by atoms with Gasteiger partial charge in [-0.1, -0.05) is 13.0 Å². The molecule has 1 aromatic heterocycles. The lowest BCUT2D eigenvalue weighted by molar-refractivity contribution is -0.127. The highest BCUT2D eigenvalue weighted by Gasteiger charge is 2.60. The van der Waals surface area contributed by atoms with Crippen LogP contribution in [0, 0.1) is 35.9 Å². The summed E-state index contributed by atoms with van der Waals surface area (Å²) in [6, 6.07) is 8.86. The summed E-state index contributed by atoms with van der Waals surface area (Å²) in [6.07, 6.45) is 7.72. The molecule has 0 radical (unpaired) electrons. The third kappa shape index (κ3) is 4.17. The maximum absolute atomic E-state index is 13.9. The quantitative estimate of drug-likeness (QED) is 0.407. The molecule has 5 nitrogen and oxygen atoms in total. The molecule has 184 valence electrons. The number of rotatable bonds is 5. The summed E-state index contributed by atoms with van der Waals surface area (Å²) in [4.78, 5) is 30.2. The van der Waals surface area contributed by atoms with Gasteiger partial charge in [-0.25, -0.2) is 9.37 Å². The lowest BCUT2D eigenvalue weighted by atomic mass is 9.54. The number of hydrogen-bond acceptors (Lipinski definition) is 4. The molecule has 3 unspecified atom stereocenters. The van der Waals surface area contributed by atoms with E-state index in [-0.39, 0.29) is 29.3 Å². The average Bonchev–Trinajstić information content (AvgIpc) is 3.04. The SMILES string of the molecule is Cc1ccnc(NC(=O)CCC[C@@H]2/C(=C/O)C(=O)[C@@]3(C)CCC4c5ccc(F)cc5CCC4C23)c1. The van der Waals surface area contributed by atoms with Gasteiger partial charge < -0.3 is 10.4 Å². The highest BCUT2D eigenvalue weighted by Crippen LogP contribution is 2.63. The number of benzene rings is 1. The Morgan fingerprint density at radius 3 is 2.89 bits per heavy atom. The maximum Gasteiger partial charge on any atom is 0.225 e. The smallest absolute Gasteiger partial charge is 0.225 e. The lowest BCUT2D eigenvalue weighted by Gasteiger charge is -2.49. The average molecular weight is 477 g/mol. The highest BCUT2D eigenvalue weighted by molar-refractivity contribution is 6.03. The minimum Gasteiger partial charge on any atom is -0.515 e. The fourth-order valence-corrected chi connectivity index (χ4v) is 7.28. The van der Waals surface area contributed by atoms with Crippen LogP contribution in [0.1, 0.15) is 68.1 Å². The van der Waals surface area contributed by atoms with Crippen molar-refractivity contribution >= 4 is 17.5 Å². The summed E-state index contributed by atoms with van der Waals surface area (Å²) < 4.78 is 13.9. The summed E-state index contributed by atoms with van der Waals surface area (Å²) in [7, 11) is 0. The zero-order chi connectivity index (χ0) is 24.7. The molecule has 1 heterocycles. The third-order valence-electron chi connectivity index (χ3n) is 8.79. The number of nitrogens with one attached hydrogen (secondary N) is 1. The van der Waals surface area contributed by atoms with Gasteiger partial charge in [0.15, 0.2) is 5.78 Å². The van der Waals surface area contributed by atoms with E-state index in [0.29, 0.717) is 42.5 Å². The van der Waals surface area contributed by atoms with Gasteiger partial charge >= 0.3 is 0 Å². The molecule has 0 saturated heterocycles. The Labute approximate surface area is 205 Å². The normalized spacial score (nSPS) is 30.5. The number of carbonyl (C=O) groups excluding carboxylic acids is 2. The fraction of sp³-hybridized carbons (Fsp3) is 0.483. The summed E-state index contributed by atoms with van der Waals surface area (Å²) >= 11 is 0. The second-order valence-electron chi connectivity index (χ2n) is 10.8.